The van der Waals surface area contributed by atoms with E-state index < -0.39 is 0 Å². The van der Waals surface area contributed by atoms with Crippen LogP contribution < -0.4 is 10.6 Å². The second-order valence-electron chi connectivity index (χ2n) is 6.94. The smallest absolute Gasteiger partial charge is 0.230 e. The highest BCUT2D eigenvalue weighted by atomic mass is 16.5. The topological polar surface area (TPSA) is 111 Å². The molecule has 9 nitrogen and oxygen atoms in total. The van der Waals surface area contributed by atoms with Crippen molar-refractivity contribution in [1.29, 1.82) is 0 Å². The number of fused-ring (bicyclic) bond motifs is 1. The Morgan fingerprint density at radius 2 is 1.89 bits per heavy atom. The van der Waals surface area contributed by atoms with E-state index in [-0.39, 0.29) is 5.92 Å². The molecular weight excluding hydrogens is 356 g/mol. The molecule has 4 heterocycles. The molecule has 0 aliphatic carbocycles. The summed E-state index contributed by atoms with van der Waals surface area (Å²) in [6.07, 6.45) is 3.50. The number of aromatic nitrogens is 6. The van der Waals surface area contributed by atoms with Crippen molar-refractivity contribution in [3.8, 4) is 11.4 Å². The SMILES string of the molecule is NCc1ccc(-c2noc(C3CCN(c4ccc5nncn5n4)CC3)n2)cc1. The molecule has 0 unspecified atom stereocenters. The van der Waals surface area contributed by atoms with Crippen molar-refractivity contribution < 1.29 is 4.52 Å². The molecular formula is C19H20N8O. The van der Waals surface area contributed by atoms with Crippen molar-refractivity contribution in [2.75, 3.05) is 18.0 Å². The molecule has 0 amide bonds. The number of rotatable bonds is 4. The lowest BCUT2D eigenvalue weighted by molar-refractivity contribution is 0.329. The minimum absolute atomic E-state index is 0.263. The number of nitrogens with two attached hydrogens (primary N) is 1. The van der Waals surface area contributed by atoms with Crippen molar-refractivity contribution >= 4 is 11.5 Å². The zero-order chi connectivity index (χ0) is 18.9. The van der Waals surface area contributed by atoms with Gasteiger partial charge in [-0.3, -0.25) is 0 Å². The summed E-state index contributed by atoms with van der Waals surface area (Å²) >= 11 is 0. The number of nitrogens with zero attached hydrogens (tertiary/aromatic N) is 7. The average molecular weight is 376 g/mol. The number of anilines is 1. The molecule has 1 aliphatic heterocycles. The highest BCUT2D eigenvalue weighted by Gasteiger charge is 2.26. The Morgan fingerprint density at radius 1 is 1.07 bits per heavy atom. The molecule has 1 fully saturated rings. The van der Waals surface area contributed by atoms with Gasteiger partial charge in [0.05, 0.1) is 0 Å². The Kier molecular flexibility index (Phi) is 4.21. The van der Waals surface area contributed by atoms with Crippen LogP contribution in [0.2, 0.25) is 0 Å². The van der Waals surface area contributed by atoms with Gasteiger partial charge in [0, 0.05) is 31.1 Å². The van der Waals surface area contributed by atoms with Gasteiger partial charge in [0.25, 0.3) is 0 Å². The third kappa shape index (κ3) is 3.09. The number of piperidine rings is 1. The molecule has 4 aromatic rings. The zero-order valence-electron chi connectivity index (χ0n) is 15.3. The average Bonchev–Trinajstić information content (AvgIpc) is 3.43. The summed E-state index contributed by atoms with van der Waals surface area (Å²) in [4.78, 5) is 6.89. The number of hydrogen-bond acceptors (Lipinski definition) is 8. The molecule has 142 valence electrons. The Bertz CT molecular complexity index is 1080. The van der Waals surface area contributed by atoms with Gasteiger partial charge in [-0.1, -0.05) is 29.4 Å². The van der Waals surface area contributed by atoms with Crippen LogP contribution in [0.15, 0.2) is 47.2 Å². The molecule has 5 rings (SSSR count). The maximum absolute atomic E-state index is 5.65. The van der Waals surface area contributed by atoms with E-state index in [1.807, 2.05) is 36.4 Å². The summed E-state index contributed by atoms with van der Waals surface area (Å²) < 4.78 is 7.26. The molecule has 0 atom stereocenters. The fourth-order valence-corrected chi connectivity index (χ4v) is 3.55. The predicted molar refractivity (Wildman–Crippen MR) is 103 cm³/mol. The summed E-state index contributed by atoms with van der Waals surface area (Å²) in [6, 6.07) is 11.9. The van der Waals surface area contributed by atoms with Crippen molar-refractivity contribution in [2.24, 2.45) is 5.73 Å². The Labute approximate surface area is 161 Å². The van der Waals surface area contributed by atoms with Gasteiger partial charge in [-0.2, -0.15) is 9.50 Å². The summed E-state index contributed by atoms with van der Waals surface area (Å²) in [5.41, 5.74) is 8.42. The Hall–Kier alpha value is -3.33. The van der Waals surface area contributed by atoms with Crippen LogP contribution >= 0.6 is 0 Å². The molecule has 9 heteroatoms. The first-order valence-electron chi connectivity index (χ1n) is 9.35. The first kappa shape index (κ1) is 16.8. The van der Waals surface area contributed by atoms with Crippen LogP contribution in [0.5, 0.6) is 0 Å². The fraction of sp³-hybridized carbons (Fsp3) is 0.316. The van der Waals surface area contributed by atoms with Crippen molar-refractivity contribution in [1.82, 2.24) is 30.0 Å². The first-order chi connectivity index (χ1) is 13.8. The molecule has 0 bridgehead atoms. The van der Waals surface area contributed by atoms with Crippen LogP contribution in [0.3, 0.4) is 0 Å². The van der Waals surface area contributed by atoms with Crippen LogP contribution in [-0.4, -0.2) is 43.0 Å². The van der Waals surface area contributed by atoms with Crippen molar-refractivity contribution in [3.05, 3.63) is 54.2 Å². The van der Waals surface area contributed by atoms with Crippen LogP contribution in [0.25, 0.3) is 17.0 Å². The molecule has 0 saturated carbocycles. The van der Waals surface area contributed by atoms with E-state index in [0.717, 1.165) is 48.5 Å². The number of benzene rings is 1. The molecule has 2 N–H and O–H groups in total. The first-order valence-corrected chi connectivity index (χ1v) is 9.35. The summed E-state index contributed by atoms with van der Waals surface area (Å²) in [7, 11) is 0. The maximum Gasteiger partial charge on any atom is 0.230 e. The molecule has 1 aromatic carbocycles. The van der Waals surface area contributed by atoms with Gasteiger partial charge in [-0.05, 0) is 30.5 Å². The highest BCUT2D eigenvalue weighted by molar-refractivity contribution is 5.54. The Morgan fingerprint density at radius 3 is 2.68 bits per heavy atom. The van der Waals surface area contributed by atoms with Crippen molar-refractivity contribution in [3.63, 3.8) is 0 Å². The van der Waals surface area contributed by atoms with Crippen LogP contribution in [-0.2, 0) is 6.54 Å². The second-order valence-corrected chi connectivity index (χ2v) is 6.94. The van der Waals surface area contributed by atoms with Crippen LogP contribution in [0, 0.1) is 0 Å². The van der Waals surface area contributed by atoms with E-state index in [2.05, 4.69) is 30.3 Å². The lowest BCUT2D eigenvalue weighted by Crippen LogP contribution is -2.33. The van der Waals surface area contributed by atoms with E-state index in [9.17, 15) is 0 Å². The van der Waals surface area contributed by atoms with E-state index in [4.69, 9.17) is 10.3 Å². The largest absolute Gasteiger partial charge is 0.355 e. The molecule has 1 aliphatic rings. The predicted octanol–water partition coefficient (Wildman–Crippen LogP) is 2.02. The van der Waals surface area contributed by atoms with Crippen LogP contribution in [0.4, 0.5) is 5.82 Å². The molecule has 28 heavy (non-hydrogen) atoms. The zero-order valence-corrected chi connectivity index (χ0v) is 15.3. The second kappa shape index (κ2) is 7.01. The van der Waals surface area contributed by atoms with Crippen molar-refractivity contribution in [2.45, 2.75) is 25.3 Å². The van der Waals surface area contributed by atoms with Gasteiger partial charge in [-0.25, -0.2) is 0 Å². The normalized spacial score (nSPS) is 15.4. The standard InChI is InChI=1S/C19H20N8O/c20-11-13-1-3-14(4-2-13)18-22-19(28-25-18)15-7-9-26(10-8-15)17-6-5-16-23-21-12-27(16)24-17/h1-6,12,15H,7-11,20H2. The lowest BCUT2D eigenvalue weighted by atomic mass is 9.97. The minimum atomic E-state index is 0.263. The van der Waals surface area contributed by atoms with Gasteiger partial charge in [0.15, 0.2) is 5.65 Å². The van der Waals surface area contributed by atoms with Gasteiger partial charge in [0.1, 0.15) is 12.1 Å². The molecule has 3 aromatic heterocycles. The lowest BCUT2D eigenvalue weighted by Gasteiger charge is -2.31. The molecule has 0 radical (unpaired) electrons. The minimum Gasteiger partial charge on any atom is -0.355 e. The van der Waals surface area contributed by atoms with E-state index in [0.29, 0.717) is 18.3 Å². The number of hydrogen-bond donors (Lipinski definition) is 1. The fourth-order valence-electron chi connectivity index (χ4n) is 3.55. The third-order valence-electron chi connectivity index (χ3n) is 5.21. The van der Waals surface area contributed by atoms with Gasteiger partial charge >= 0.3 is 0 Å². The highest BCUT2D eigenvalue weighted by Crippen LogP contribution is 2.30. The van der Waals surface area contributed by atoms with Gasteiger partial charge < -0.3 is 15.2 Å². The van der Waals surface area contributed by atoms with E-state index in [1.165, 1.54) is 0 Å². The summed E-state index contributed by atoms with van der Waals surface area (Å²) in [6.45, 7) is 2.29. The van der Waals surface area contributed by atoms with Gasteiger partial charge in [-0.15, -0.1) is 15.3 Å². The van der Waals surface area contributed by atoms with Crippen LogP contribution in [0.1, 0.15) is 30.2 Å². The summed E-state index contributed by atoms with van der Waals surface area (Å²) in [5, 5.41) is 16.6. The van der Waals surface area contributed by atoms with E-state index in [1.54, 1.807) is 10.8 Å². The van der Waals surface area contributed by atoms with Gasteiger partial charge in [0.2, 0.25) is 11.7 Å². The summed E-state index contributed by atoms with van der Waals surface area (Å²) in [5.74, 6) is 2.52. The quantitative estimate of drug-likeness (QED) is 0.576. The Balaban J connectivity index is 1.27. The maximum atomic E-state index is 5.65. The third-order valence-corrected chi connectivity index (χ3v) is 5.21. The van der Waals surface area contributed by atoms with E-state index >= 15 is 0 Å². The molecule has 1 saturated heterocycles. The monoisotopic (exact) mass is 376 g/mol. The molecule has 0 spiro atoms.